The minimum atomic E-state index is -3.36. The van der Waals surface area contributed by atoms with Crippen molar-refractivity contribution in [1.82, 2.24) is 10.0 Å². The SMILES string of the molecule is CNS(=O)(=O)Cc1ccc(CNC(=O)c2cc(F)c(F)cc2Cl)cc1. The first-order valence-corrected chi connectivity index (χ1v) is 9.16. The van der Waals surface area contributed by atoms with E-state index in [0.29, 0.717) is 11.1 Å². The molecule has 0 heterocycles. The van der Waals surface area contributed by atoms with Crippen molar-refractivity contribution in [1.29, 1.82) is 0 Å². The van der Waals surface area contributed by atoms with Crippen LogP contribution < -0.4 is 10.0 Å². The van der Waals surface area contributed by atoms with Crippen LogP contribution in [0.1, 0.15) is 21.5 Å². The Hall–Kier alpha value is -2.03. The number of hydrogen-bond donors (Lipinski definition) is 2. The number of nitrogens with one attached hydrogen (secondary N) is 2. The summed E-state index contributed by atoms with van der Waals surface area (Å²) in [5, 5.41) is 2.35. The molecule has 0 aliphatic rings. The van der Waals surface area contributed by atoms with Gasteiger partial charge in [0.05, 0.1) is 16.3 Å². The molecule has 2 N–H and O–H groups in total. The van der Waals surface area contributed by atoms with Crippen LogP contribution in [-0.4, -0.2) is 21.4 Å². The van der Waals surface area contributed by atoms with Crippen molar-refractivity contribution >= 4 is 27.5 Å². The minimum Gasteiger partial charge on any atom is -0.348 e. The maximum Gasteiger partial charge on any atom is 0.253 e. The average molecular weight is 389 g/mol. The van der Waals surface area contributed by atoms with E-state index < -0.39 is 27.6 Å². The predicted molar refractivity (Wildman–Crippen MR) is 90.7 cm³/mol. The molecule has 2 aromatic rings. The van der Waals surface area contributed by atoms with Gasteiger partial charge >= 0.3 is 0 Å². The lowest BCUT2D eigenvalue weighted by molar-refractivity contribution is 0.0950. The summed E-state index contributed by atoms with van der Waals surface area (Å²) >= 11 is 5.74. The molecule has 0 spiro atoms. The summed E-state index contributed by atoms with van der Waals surface area (Å²) in [6, 6.07) is 8.05. The van der Waals surface area contributed by atoms with E-state index >= 15 is 0 Å². The first-order valence-electron chi connectivity index (χ1n) is 7.13. The van der Waals surface area contributed by atoms with E-state index in [9.17, 15) is 22.0 Å². The van der Waals surface area contributed by atoms with Gasteiger partial charge in [-0.2, -0.15) is 0 Å². The third kappa shape index (κ3) is 5.22. The predicted octanol–water partition coefficient (Wildman–Crippen LogP) is 2.60. The van der Waals surface area contributed by atoms with E-state index in [2.05, 4.69) is 10.0 Å². The normalized spacial score (nSPS) is 11.4. The van der Waals surface area contributed by atoms with Crippen molar-refractivity contribution in [2.45, 2.75) is 12.3 Å². The van der Waals surface area contributed by atoms with Crippen molar-refractivity contribution in [3.8, 4) is 0 Å². The summed E-state index contributed by atoms with van der Waals surface area (Å²) in [6.07, 6.45) is 0. The number of amides is 1. The standard InChI is InChI=1S/C16H15ClF2N2O3S/c1-20-25(23,24)9-11-4-2-10(3-5-11)8-21-16(22)12-6-14(18)15(19)7-13(12)17/h2-7,20H,8-9H2,1H3,(H,21,22). The van der Waals surface area contributed by atoms with Crippen LogP contribution in [0.15, 0.2) is 36.4 Å². The molecular formula is C16H15ClF2N2O3S. The molecule has 0 atom stereocenters. The van der Waals surface area contributed by atoms with Gasteiger partial charge in [-0.1, -0.05) is 35.9 Å². The molecule has 0 aliphatic carbocycles. The summed E-state index contributed by atoms with van der Waals surface area (Å²) in [5.74, 6) is -3.09. The number of rotatable bonds is 6. The highest BCUT2D eigenvalue weighted by atomic mass is 35.5. The molecule has 1 amide bonds. The maximum atomic E-state index is 13.2. The molecule has 2 aromatic carbocycles. The number of benzene rings is 2. The lowest BCUT2D eigenvalue weighted by Crippen LogP contribution is -2.23. The van der Waals surface area contributed by atoms with Crippen molar-refractivity contribution in [2.24, 2.45) is 0 Å². The Morgan fingerprint density at radius 3 is 2.24 bits per heavy atom. The lowest BCUT2D eigenvalue weighted by atomic mass is 10.1. The Balaban J connectivity index is 2.02. The van der Waals surface area contributed by atoms with Crippen LogP contribution in [0.25, 0.3) is 0 Å². The lowest BCUT2D eigenvalue weighted by Gasteiger charge is -2.08. The van der Waals surface area contributed by atoms with Crippen molar-refractivity contribution in [3.63, 3.8) is 0 Å². The minimum absolute atomic E-state index is 0.118. The van der Waals surface area contributed by atoms with Crippen LogP contribution >= 0.6 is 11.6 Å². The highest BCUT2D eigenvalue weighted by Gasteiger charge is 2.15. The Bertz CT molecular complexity index is 887. The molecular weight excluding hydrogens is 374 g/mol. The fourth-order valence-corrected chi connectivity index (χ4v) is 3.03. The van der Waals surface area contributed by atoms with Gasteiger partial charge in [0.15, 0.2) is 11.6 Å². The smallest absolute Gasteiger partial charge is 0.253 e. The van der Waals surface area contributed by atoms with Gasteiger partial charge in [0.1, 0.15) is 0 Å². The van der Waals surface area contributed by atoms with Gasteiger partial charge in [-0.25, -0.2) is 21.9 Å². The van der Waals surface area contributed by atoms with E-state index in [4.69, 9.17) is 11.6 Å². The Morgan fingerprint density at radius 2 is 1.64 bits per heavy atom. The van der Waals surface area contributed by atoms with Crippen LogP contribution in [0.2, 0.25) is 5.02 Å². The van der Waals surface area contributed by atoms with Gasteiger partial charge in [0.2, 0.25) is 10.0 Å². The fourth-order valence-electron chi connectivity index (χ4n) is 2.02. The topological polar surface area (TPSA) is 75.3 Å². The number of sulfonamides is 1. The van der Waals surface area contributed by atoms with Gasteiger partial charge in [0.25, 0.3) is 5.91 Å². The number of carbonyl (C=O) groups excluding carboxylic acids is 1. The number of carbonyl (C=O) groups is 1. The zero-order chi connectivity index (χ0) is 18.6. The van der Waals surface area contributed by atoms with E-state index in [0.717, 1.165) is 12.1 Å². The van der Waals surface area contributed by atoms with Crippen LogP contribution in [0.4, 0.5) is 8.78 Å². The van der Waals surface area contributed by atoms with Crippen LogP contribution in [-0.2, 0) is 22.3 Å². The molecule has 0 fully saturated rings. The first-order chi connectivity index (χ1) is 11.7. The summed E-state index contributed by atoms with van der Waals surface area (Å²) < 4.78 is 51.4. The highest BCUT2D eigenvalue weighted by Crippen LogP contribution is 2.20. The molecule has 5 nitrogen and oxygen atoms in total. The van der Waals surface area contributed by atoms with E-state index in [1.54, 1.807) is 24.3 Å². The maximum absolute atomic E-state index is 13.2. The third-order valence-electron chi connectivity index (χ3n) is 3.40. The second-order valence-electron chi connectivity index (χ2n) is 5.21. The second-order valence-corrected chi connectivity index (χ2v) is 7.54. The van der Waals surface area contributed by atoms with Gasteiger partial charge in [-0.3, -0.25) is 4.79 Å². The Kier molecular flexibility index (Phi) is 6.10. The number of hydrogen-bond acceptors (Lipinski definition) is 3. The van der Waals surface area contributed by atoms with Gasteiger partial charge in [-0.05, 0) is 30.3 Å². The van der Waals surface area contributed by atoms with Crippen LogP contribution in [0.5, 0.6) is 0 Å². The van der Waals surface area contributed by atoms with Crippen LogP contribution in [0.3, 0.4) is 0 Å². The molecule has 2 rings (SSSR count). The van der Waals surface area contributed by atoms with E-state index in [-0.39, 0.29) is 22.9 Å². The number of halogens is 3. The highest BCUT2D eigenvalue weighted by molar-refractivity contribution is 7.88. The van der Waals surface area contributed by atoms with Crippen LogP contribution in [0, 0.1) is 11.6 Å². The second kappa shape index (κ2) is 7.90. The monoisotopic (exact) mass is 388 g/mol. The zero-order valence-electron chi connectivity index (χ0n) is 13.1. The molecule has 134 valence electrons. The summed E-state index contributed by atoms with van der Waals surface area (Å²) in [7, 11) is -2.02. The molecule has 0 saturated heterocycles. The van der Waals surface area contributed by atoms with Gasteiger partial charge in [-0.15, -0.1) is 0 Å². The summed E-state index contributed by atoms with van der Waals surface area (Å²) in [6.45, 7) is 0.118. The molecule has 0 aromatic heterocycles. The Morgan fingerprint density at radius 1 is 1.08 bits per heavy atom. The summed E-state index contributed by atoms with van der Waals surface area (Å²) in [5.41, 5.74) is 1.13. The largest absolute Gasteiger partial charge is 0.348 e. The molecule has 0 bridgehead atoms. The van der Waals surface area contributed by atoms with E-state index in [1.807, 2.05) is 0 Å². The third-order valence-corrected chi connectivity index (χ3v) is 5.05. The van der Waals surface area contributed by atoms with Crippen molar-refractivity contribution in [3.05, 3.63) is 69.7 Å². The molecule has 9 heteroatoms. The molecule has 0 saturated carbocycles. The fraction of sp³-hybridized carbons (Fsp3) is 0.188. The van der Waals surface area contributed by atoms with Gasteiger partial charge < -0.3 is 5.32 Å². The van der Waals surface area contributed by atoms with Gasteiger partial charge in [0, 0.05) is 6.54 Å². The Labute approximate surface area is 149 Å². The van der Waals surface area contributed by atoms with E-state index in [1.165, 1.54) is 7.05 Å². The molecule has 0 aliphatic heterocycles. The molecule has 0 unspecified atom stereocenters. The first kappa shape index (κ1) is 19.3. The quantitative estimate of drug-likeness (QED) is 0.747. The molecule has 0 radical (unpaired) electrons. The average Bonchev–Trinajstić information content (AvgIpc) is 2.57. The summed E-state index contributed by atoms with van der Waals surface area (Å²) in [4.78, 5) is 12.0. The van der Waals surface area contributed by atoms with Crippen molar-refractivity contribution in [2.75, 3.05) is 7.05 Å². The zero-order valence-corrected chi connectivity index (χ0v) is 14.7. The molecule has 25 heavy (non-hydrogen) atoms. The van der Waals surface area contributed by atoms with Crippen molar-refractivity contribution < 1.29 is 22.0 Å².